The SMILES string of the molecule is Cc1cccc(C)c1NC(=O)CN(C)CC(=O)NC(c1ccccc1)c1cccs1. The van der Waals surface area contributed by atoms with Gasteiger partial charge in [0.1, 0.15) is 0 Å². The van der Waals surface area contributed by atoms with Crippen molar-refractivity contribution >= 4 is 28.8 Å². The summed E-state index contributed by atoms with van der Waals surface area (Å²) >= 11 is 1.61. The van der Waals surface area contributed by atoms with Gasteiger partial charge < -0.3 is 10.6 Å². The van der Waals surface area contributed by atoms with Gasteiger partial charge >= 0.3 is 0 Å². The molecule has 5 nitrogen and oxygen atoms in total. The van der Waals surface area contributed by atoms with Crippen molar-refractivity contribution in [2.75, 3.05) is 25.5 Å². The molecule has 1 aromatic heterocycles. The van der Waals surface area contributed by atoms with Crippen molar-refractivity contribution < 1.29 is 9.59 Å². The summed E-state index contributed by atoms with van der Waals surface area (Å²) < 4.78 is 0. The monoisotopic (exact) mass is 421 g/mol. The van der Waals surface area contributed by atoms with Crippen LogP contribution in [0.1, 0.15) is 27.6 Å². The first-order valence-corrected chi connectivity index (χ1v) is 10.7. The molecule has 1 heterocycles. The maximum atomic E-state index is 12.7. The minimum atomic E-state index is -0.199. The van der Waals surface area contributed by atoms with Crippen LogP contribution >= 0.6 is 11.3 Å². The average Bonchev–Trinajstić information content (AvgIpc) is 3.24. The summed E-state index contributed by atoms with van der Waals surface area (Å²) in [6.45, 7) is 4.20. The number of hydrogen-bond acceptors (Lipinski definition) is 4. The van der Waals surface area contributed by atoms with Crippen LogP contribution < -0.4 is 10.6 Å². The molecule has 3 rings (SSSR count). The Morgan fingerprint density at radius 3 is 2.20 bits per heavy atom. The molecule has 0 bridgehead atoms. The molecule has 2 aromatic carbocycles. The summed E-state index contributed by atoms with van der Waals surface area (Å²) in [5.74, 6) is -0.264. The number of benzene rings is 2. The molecule has 0 fully saturated rings. The zero-order chi connectivity index (χ0) is 21.5. The largest absolute Gasteiger partial charge is 0.343 e. The lowest BCUT2D eigenvalue weighted by atomic mass is 10.1. The highest BCUT2D eigenvalue weighted by Gasteiger charge is 2.19. The zero-order valence-electron chi connectivity index (χ0n) is 17.5. The molecule has 2 amide bonds. The Morgan fingerprint density at radius 2 is 1.57 bits per heavy atom. The molecule has 0 aliphatic heterocycles. The number of carbonyl (C=O) groups is 2. The van der Waals surface area contributed by atoms with E-state index in [4.69, 9.17) is 0 Å². The molecule has 6 heteroatoms. The normalized spacial score (nSPS) is 11.9. The zero-order valence-corrected chi connectivity index (χ0v) is 18.3. The molecule has 30 heavy (non-hydrogen) atoms. The molecule has 2 N–H and O–H groups in total. The Kier molecular flexibility index (Phi) is 7.38. The standard InChI is InChI=1S/C24H27N3O2S/c1-17-9-7-10-18(2)23(17)25-21(28)15-27(3)16-22(29)26-24(20-13-8-14-30-20)19-11-5-4-6-12-19/h4-14,24H,15-16H2,1-3H3,(H,25,28)(H,26,29). The smallest absolute Gasteiger partial charge is 0.238 e. The van der Waals surface area contributed by atoms with E-state index in [1.165, 1.54) is 0 Å². The van der Waals surface area contributed by atoms with Crippen molar-refractivity contribution in [2.24, 2.45) is 0 Å². The third-order valence-electron chi connectivity index (χ3n) is 4.84. The highest BCUT2D eigenvalue weighted by atomic mass is 32.1. The van der Waals surface area contributed by atoms with Gasteiger partial charge in [0, 0.05) is 10.6 Å². The van der Waals surface area contributed by atoms with Crippen molar-refractivity contribution in [2.45, 2.75) is 19.9 Å². The second kappa shape index (κ2) is 10.2. The molecule has 0 radical (unpaired) electrons. The molecule has 156 valence electrons. The van der Waals surface area contributed by atoms with Crippen molar-refractivity contribution in [3.63, 3.8) is 0 Å². The third kappa shape index (κ3) is 5.78. The lowest BCUT2D eigenvalue weighted by Gasteiger charge is -2.21. The van der Waals surface area contributed by atoms with E-state index in [-0.39, 0.29) is 30.9 Å². The number of rotatable bonds is 8. The molecule has 0 saturated heterocycles. The van der Waals surface area contributed by atoms with E-state index in [2.05, 4.69) is 10.6 Å². The Balaban J connectivity index is 1.58. The van der Waals surface area contributed by atoms with Crippen LogP contribution in [-0.2, 0) is 9.59 Å². The van der Waals surface area contributed by atoms with Crippen LogP contribution in [0.5, 0.6) is 0 Å². The number of aryl methyl sites for hydroxylation is 2. The van der Waals surface area contributed by atoms with Gasteiger partial charge in [0.15, 0.2) is 0 Å². The molecule has 0 spiro atoms. The number of nitrogens with zero attached hydrogens (tertiary/aromatic N) is 1. The molecule has 0 saturated carbocycles. The fourth-order valence-corrected chi connectivity index (χ4v) is 4.17. The molecular formula is C24H27N3O2S. The number of nitrogens with one attached hydrogen (secondary N) is 2. The quantitative estimate of drug-likeness (QED) is 0.575. The van der Waals surface area contributed by atoms with E-state index in [1.54, 1.807) is 23.3 Å². The molecule has 3 aromatic rings. The van der Waals surface area contributed by atoms with E-state index >= 15 is 0 Å². The van der Waals surface area contributed by atoms with Crippen LogP contribution in [0.2, 0.25) is 0 Å². The van der Waals surface area contributed by atoms with Crippen molar-refractivity contribution in [3.05, 3.63) is 87.6 Å². The summed E-state index contributed by atoms with van der Waals surface area (Å²) in [7, 11) is 1.77. The van der Waals surface area contributed by atoms with E-state index in [9.17, 15) is 9.59 Å². The van der Waals surface area contributed by atoms with Gasteiger partial charge in [0.05, 0.1) is 19.1 Å². The topological polar surface area (TPSA) is 61.4 Å². The van der Waals surface area contributed by atoms with Crippen LogP contribution in [0.3, 0.4) is 0 Å². The Bertz CT molecular complexity index is 967. The van der Waals surface area contributed by atoms with Crippen LogP contribution in [0.25, 0.3) is 0 Å². The molecule has 1 atom stereocenters. The number of para-hydroxylation sites is 1. The highest BCUT2D eigenvalue weighted by molar-refractivity contribution is 7.10. The van der Waals surface area contributed by atoms with Gasteiger partial charge in [-0.3, -0.25) is 14.5 Å². The van der Waals surface area contributed by atoms with Gasteiger partial charge in [-0.05, 0) is 49.0 Å². The molecule has 0 aliphatic carbocycles. The Morgan fingerprint density at radius 1 is 0.900 bits per heavy atom. The summed E-state index contributed by atoms with van der Waals surface area (Å²) in [5, 5.41) is 8.07. The highest BCUT2D eigenvalue weighted by Crippen LogP contribution is 2.25. The predicted molar refractivity (Wildman–Crippen MR) is 123 cm³/mol. The fourth-order valence-electron chi connectivity index (χ4n) is 3.36. The van der Waals surface area contributed by atoms with Gasteiger partial charge in [-0.2, -0.15) is 0 Å². The van der Waals surface area contributed by atoms with Crippen LogP contribution in [-0.4, -0.2) is 36.9 Å². The maximum Gasteiger partial charge on any atom is 0.238 e. The Hall–Kier alpha value is -2.96. The van der Waals surface area contributed by atoms with Crippen LogP contribution in [0.4, 0.5) is 5.69 Å². The number of likely N-dealkylation sites (N-methyl/N-ethyl adjacent to an activating group) is 1. The molecule has 1 unspecified atom stereocenters. The summed E-state index contributed by atoms with van der Waals surface area (Å²) in [4.78, 5) is 27.9. The lowest BCUT2D eigenvalue weighted by Crippen LogP contribution is -2.40. The maximum absolute atomic E-state index is 12.7. The van der Waals surface area contributed by atoms with E-state index < -0.39 is 0 Å². The van der Waals surface area contributed by atoms with Gasteiger partial charge in [0.2, 0.25) is 11.8 Å². The number of carbonyl (C=O) groups excluding carboxylic acids is 2. The Labute approximate surface area is 181 Å². The fraction of sp³-hybridized carbons (Fsp3) is 0.250. The average molecular weight is 422 g/mol. The van der Waals surface area contributed by atoms with Gasteiger partial charge in [-0.15, -0.1) is 11.3 Å². The first kappa shape index (κ1) is 21.7. The summed E-state index contributed by atoms with van der Waals surface area (Å²) in [6, 6.07) is 19.6. The minimum Gasteiger partial charge on any atom is -0.343 e. The first-order chi connectivity index (χ1) is 14.4. The van der Waals surface area contributed by atoms with Gasteiger partial charge in [-0.25, -0.2) is 0 Å². The van der Waals surface area contributed by atoms with Crippen LogP contribution in [0.15, 0.2) is 66.0 Å². The van der Waals surface area contributed by atoms with Gasteiger partial charge in [0.25, 0.3) is 0 Å². The van der Waals surface area contributed by atoms with Gasteiger partial charge in [-0.1, -0.05) is 54.6 Å². The number of hydrogen-bond donors (Lipinski definition) is 2. The van der Waals surface area contributed by atoms with E-state index in [0.717, 1.165) is 27.3 Å². The van der Waals surface area contributed by atoms with Crippen molar-refractivity contribution in [1.82, 2.24) is 10.2 Å². The van der Waals surface area contributed by atoms with Crippen molar-refractivity contribution in [3.8, 4) is 0 Å². The minimum absolute atomic E-state index is 0.125. The van der Waals surface area contributed by atoms with Crippen LogP contribution in [0, 0.1) is 13.8 Å². The van der Waals surface area contributed by atoms with E-state index in [1.807, 2.05) is 79.9 Å². The second-order valence-corrected chi connectivity index (χ2v) is 8.39. The first-order valence-electron chi connectivity index (χ1n) is 9.86. The summed E-state index contributed by atoms with van der Waals surface area (Å²) in [5.41, 5.74) is 3.90. The summed E-state index contributed by atoms with van der Waals surface area (Å²) in [6.07, 6.45) is 0. The third-order valence-corrected chi connectivity index (χ3v) is 5.78. The number of amides is 2. The second-order valence-electron chi connectivity index (χ2n) is 7.41. The number of thiophene rings is 1. The molecular weight excluding hydrogens is 394 g/mol. The number of anilines is 1. The molecule has 0 aliphatic rings. The predicted octanol–water partition coefficient (Wildman–Crippen LogP) is 4.14. The lowest BCUT2D eigenvalue weighted by molar-refractivity contribution is -0.123. The van der Waals surface area contributed by atoms with E-state index in [0.29, 0.717) is 0 Å². The van der Waals surface area contributed by atoms with Crippen molar-refractivity contribution in [1.29, 1.82) is 0 Å².